The number of aliphatic hydroxyl groups is 1. The van der Waals surface area contributed by atoms with Crippen LogP contribution in [-0.4, -0.2) is 11.7 Å². The number of thiophene rings is 1. The Morgan fingerprint density at radius 1 is 1.70 bits per heavy atom. The topological polar surface area (TPSA) is 20.2 Å². The number of rotatable bonds is 3. The van der Waals surface area contributed by atoms with Gasteiger partial charge in [-0.25, -0.2) is 0 Å². The van der Waals surface area contributed by atoms with E-state index in [9.17, 15) is 0 Å². The molecule has 0 aliphatic heterocycles. The van der Waals surface area contributed by atoms with Crippen LogP contribution in [-0.2, 0) is 0 Å². The van der Waals surface area contributed by atoms with E-state index in [2.05, 4.69) is 18.4 Å². The largest absolute Gasteiger partial charge is 0.396 e. The monoisotopic (exact) mass is 156 g/mol. The van der Waals surface area contributed by atoms with Gasteiger partial charge < -0.3 is 5.11 Å². The molecule has 0 aliphatic carbocycles. The van der Waals surface area contributed by atoms with Crippen molar-refractivity contribution in [3.8, 4) is 0 Å². The molecule has 0 aliphatic rings. The van der Waals surface area contributed by atoms with Crippen molar-refractivity contribution in [1.29, 1.82) is 0 Å². The second-order valence-corrected chi connectivity index (χ2v) is 3.12. The summed E-state index contributed by atoms with van der Waals surface area (Å²) in [5.74, 6) is 0.353. The molecule has 0 saturated carbocycles. The Balaban J connectivity index is 2.64. The summed E-state index contributed by atoms with van der Waals surface area (Å²) in [4.78, 5) is 0. The first-order valence-electron chi connectivity index (χ1n) is 3.51. The predicted octanol–water partition coefficient (Wildman–Crippen LogP) is 2.23. The molecule has 0 amide bonds. The van der Waals surface area contributed by atoms with Crippen molar-refractivity contribution < 1.29 is 5.11 Å². The summed E-state index contributed by atoms with van der Waals surface area (Å²) in [6, 6.07) is 2.08. The second-order valence-electron chi connectivity index (χ2n) is 2.34. The van der Waals surface area contributed by atoms with E-state index in [0.29, 0.717) is 5.92 Å². The van der Waals surface area contributed by atoms with Gasteiger partial charge in [0.1, 0.15) is 0 Å². The van der Waals surface area contributed by atoms with Crippen LogP contribution in [0, 0.1) is 0 Å². The van der Waals surface area contributed by atoms with E-state index in [1.807, 2.05) is 5.38 Å². The summed E-state index contributed by atoms with van der Waals surface area (Å²) in [5, 5.41) is 13.1. The Morgan fingerprint density at radius 2 is 2.50 bits per heavy atom. The molecule has 0 bridgehead atoms. The van der Waals surface area contributed by atoms with E-state index in [4.69, 9.17) is 5.11 Å². The van der Waals surface area contributed by atoms with Gasteiger partial charge in [0.2, 0.25) is 0 Å². The van der Waals surface area contributed by atoms with Gasteiger partial charge in [0.15, 0.2) is 0 Å². The highest BCUT2D eigenvalue weighted by Crippen LogP contribution is 2.20. The van der Waals surface area contributed by atoms with Crippen LogP contribution < -0.4 is 0 Å². The van der Waals surface area contributed by atoms with E-state index < -0.39 is 0 Å². The SMILES string of the molecule is CCC(CO)c1ccsc1. The molecule has 1 nitrogen and oxygen atoms in total. The molecular weight excluding hydrogens is 144 g/mol. The quantitative estimate of drug-likeness (QED) is 0.711. The van der Waals surface area contributed by atoms with Crippen LogP contribution in [0.2, 0.25) is 0 Å². The van der Waals surface area contributed by atoms with Gasteiger partial charge in [0, 0.05) is 12.5 Å². The van der Waals surface area contributed by atoms with Gasteiger partial charge in [-0.05, 0) is 28.8 Å². The average molecular weight is 156 g/mol. The Hall–Kier alpha value is -0.340. The molecule has 56 valence electrons. The lowest BCUT2D eigenvalue weighted by molar-refractivity contribution is 0.262. The molecule has 0 radical (unpaired) electrons. The maximum absolute atomic E-state index is 8.90. The van der Waals surface area contributed by atoms with Crippen molar-refractivity contribution in [2.24, 2.45) is 0 Å². The molecule has 1 aromatic heterocycles. The zero-order valence-electron chi connectivity index (χ0n) is 6.08. The van der Waals surface area contributed by atoms with E-state index in [1.165, 1.54) is 5.56 Å². The fourth-order valence-electron chi connectivity index (χ4n) is 0.978. The lowest BCUT2D eigenvalue weighted by atomic mass is 10.0. The molecule has 0 spiro atoms. The highest BCUT2D eigenvalue weighted by atomic mass is 32.1. The summed E-state index contributed by atoms with van der Waals surface area (Å²) in [6.07, 6.45) is 1.02. The first-order chi connectivity index (χ1) is 4.88. The lowest BCUT2D eigenvalue weighted by Gasteiger charge is -2.07. The zero-order valence-corrected chi connectivity index (χ0v) is 6.90. The molecule has 1 atom stereocenters. The van der Waals surface area contributed by atoms with Gasteiger partial charge in [-0.1, -0.05) is 6.92 Å². The van der Waals surface area contributed by atoms with Gasteiger partial charge in [-0.2, -0.15) is 11.3 Å². The van der Waals surface area contributed by atoms with Crippen LogP contribution >= 0.6 is 11.3 Å². The van der Waals surface area contributed by atoms with Crippen LogP contribution in [0.4, 0.5) is 0 Å². The van der Waals surface area contributed by atoms with Crippen molar-refractivity contribution in [1.82, 2.24) is 0 Å². The number of hydrogen-bond donors (Lipinski definition) is 1. The summed E-state index contributed by atoms with van der Waals surface area (Å²) in [7, 11) is 0. The van der Waals surface area contributed by atoms with Gasteiger partial charge in [-0.15, -0.1) is 0 Å². The third-order valence-electron chi connectivity index (χ3n) is 1.73. The van der Waals surface area contributed by atoms with Crippen LogP contribution in [0.3, 0.4) is 0 Å². The van der Waals surface area contributed by atoms with Gasteiger partial charge in [0.05, 0.1) is 0 Å². The molecule has 10 heavy (non-hydrogen) atoms. The third-order valence-corrected chi connectivity index (χ3v) is 2.43. The average Bonchev–Trinajstić information content (AvgIpc) is 2.43. The standard InChI is InChI=1S/C8H12OS/c1-2-7(5-9)8-3-4-10-6-8/h3-4,6-7,9H,2,5H2,1H3. The Labute approximate surface area is 65.3 Å². The minimum Gasteiger partial charge on any atom is -0.396 e. The minimum atomic E-state index is 0.271. The Bertz CT molecular complexity index is 165. The van der Waals surface area contributed by atoms with Crippen LogP contribution in [0.25, 0.3) is 0 Å². The van der Waals surface area contributed by atoms with Crippen molar-refractivity contribution in [3.05, 3.63) is 22.4 Å². The minimum absolute atomic E-state index is 0.271. The van der Waals surface area contributed by atoms with Gasteiger partial charge in [0.25, 0.3) is 0 Å². The molecule has 0 fully saturated rings. The first kappa shape index (κ1) is 7.76. The Morgan fingerprint density at radius 3 is 2.90 bits per heavy atom. The first-order valence-corrected chi connectivity index (χ1v) is 4.45. The van der Waals surface area contributed by atoms with E-state index in [0.717, 1.165) is 6.42 Å². The van der Waals surface area contributed by atoms with Crippen molar-refractivity contribution >= 4 is 11.3 Å². The van der Waals surface area contributed by atoms with Gasteiger partial charge >= 0.3 is 0 Å². The van der Waals surface area contributed by atoms with Crippen LogP contribution in [0.15, 0.2) is 16.8 Å². The molecule has 0 saturated heterocycles. The van der Waals surface area contributed by atoms with Crippen molar-refractivity contribution in [3.63, 3.8) is 0 Å². The Kier molecular flexibility index (Phi) is 2.90. The summed E-state index contributed by atoms with van der Waals surface area (Å²) in [5.41, 5.74) is 1.27. The summed E-state index contributed by atoms with van der Waals surface area (Å²) < 4.78 is 0. The van der Waals surface area contributed by atoms with Crippen LogP contribution in [0.1, 0.15) is 24.8 Å². The summed E-state index contributed by atoms with van der Waals surface area (Å²) in [6.45, 7) is 2.37. The maximum atomic E-state index is 8.90. The van der Waals surface area contributed by atoms with Gasteiger partial charge in [-0.3, -0.25) is 0 Å². The fraction of sp³-hybridized carbons (Fsp3) is 0.500. The highest BCUT2D eigenvalue weighted by molar-refractivity contribution is 7.07. The molecular formula is C8H12OS. The zero-order chi connectivity index (χ0) is 7.40. The third kappa shape index (κ3) is 1.58. The fourth-order valence-corrected chi connectivity index (χ4v) is 1.72. The van der Waals surface area contributed by atoms with E-state index in [1.54, 1.807) is 11.3 Å². The molecule has 2 heteroatoms. The molecule has 1 aromatic rings. The van der Waals surface area contributed by atoms with E-state index in [-0.39, 0.29) is 6.61 Å². The number of hydrogen-bond acceptors (Lipinski definition) is 2. The highest BCUT2D eigenvalue weighted by Gasteiger charge is 2.06. The predicted molar refractivity (Wildman–Crippen MR) is 44.4 cm³/mol. The normalized spacial score (nSPS) is 13.4. The molecule has 1 unspecified atom stereocenters. The van der Waals surface area contributed by atoms with Crippen LogP contribution in [0.5, 0.6) is 0 Å². The smallest absolute Gasteiger partial charge is 0.0499 e. The second kappa shape index (κ2) is 3.74. The molecule has 1 rings (SSSR count). The molecule has 0 aromatic carbocycles. The van der Waals surface area contributed by atoms with E-state index >= 15 is 0 Å². The molecule has 1 heterocycles. The maximum Gasteiger partial charge on any atom is 0.0499 e. The summed E-state index contributed by atoms with van der Waals surface area (Å²) >= 11 is 1.69. The molecule has 1 N–H and O–H groups in total. The van der Waals surface area contributed by atoms with Crippen molar-refractivity contribution in [2.75, 3.05) is 6.61 Å². The lowest BCUT2D eigenvalue weighted by Crippen LogP contribution is -2.00. The number of aliphatic hydroxyl groups excluding tert-OH is 1. The van der Waals surface area contributed by atoms with Crippen molar-refractivity contribution in [2.45, 2.75) is 19.3 Å².